The van der Waals surface area contributed by atoms with Gasteiger partial charge in [-0.3, -0.25) is 0 Å². The molecule has 0 saturated carbocycles. The Bertz CT molecular complexity index is 131. The normalized spacial score (nSPS) is 27.9. The number of ether oxygens (including phenoxy) is 1. The summed E-state index contributed by atoms with van der Waals surface area (Å²) in [6.07, 6.45) is 4.08. The van der Waals surface area contributed by atoms with Crippen molar-refractivity contribution in [3.8, 4) is 0 Å². The van der Waals surface area contributed by atoms with E-state index >= 15 is 0 Å². The number of rotatable bonds is 4. The molecule has 2 heteroatoms. The third-order valence-electron chi connectivity index (χ3n) is 3.01. The second kappa shape index (κ2) is 5.21. The maximum absolute atomic E-state index is 6.16. The fourth-order valence-corrected chi connectivity index (χ4v) is 2.52. The predicted octanol–water partition coefficient (Wildman–Crippen LogP) is 3.46. The van der Waals surface area contributed by atoms with Crippen LogP contribution in [-0.2, 0) is 4.74 Å². The first kappa shape index (κ1) is 11.3. The first-order valence-corrected chi connectivity index (χ1v) is 5.80. The van der Waals surface area contributed by atoms with Crippen LogP contribution in [0.4, 0.5) is 0 Å². The molecule has 0 N–H and O–H groups in total. The number of hydrogen-bond acceptors (Lipinski definition) is 1. The first-order valence-electron chi connectivity index (χ1n) is 5.37. The summed E-state index contributed by atoms with van der Waals surface area (Å²) in [6.45, 7) is 7.55. The Morgan fingerprint density at radius 1 is 1.38 bits per heavy atom. The van der Waals surface area contributed by atoms with Crippen LogP contribution < -0.4 is 0 Å². The van der Waals surface area contributed by atoms with E-state index in [4.69, 9.17) is 16.3 Å². The highest BCUT2D eigenvalue weighted by molar-refractivity contribution is 6.20. The molecule has 3 atom stereocenters. The van der Waals surface area contributed by atoms with Crippen molar-refractivity contribution in [2.75, 3.05) is 6.61 Å². The van der Waals surface area contributed by atoms with E-state index in [9.17, 15) is 0 Å². The Balaban J connectivity index is 2.37. The van der Waals surface area contributed by atoms with Crippen molar-refractivity contribution < 1.29 is 4.74 Å². The molecule has 1 nitrogen and oxygen atoms in total. The Labute approximate surface area is 86.8 Å². The molecular formula is C11H21ClO. The van der Waals surface area contributed by atoms with Crippen LogP contribution in [-0.4, -0.2) is 18.1 Å². The van der Waals surface area contributed by atoms with Gasteiger partial charge in [0.1, 0.15) is 0 Å². The quantitative estimate of drug-likeness (QED) is 0.638. The summed E-state index contributed by atoms with van der Waals surface area (Å²) in [5.41, 5.74) is 0. The molecule has 0 aromatic carbocycles. The summed E-state index contributed by atoms with van der Waals surface area (Å²) in [5.74, 6) is 1.27. The van der Waals surface area contributed by atoms with Crippen molar-refractivity contribution >= 4 is 11.6 Å². The van der Waals surface area contributed by atoms with E-state index in [0.29, 0.717) is 17.9 Å². The number of hydrogen-bond donors (Lipinski definition) is 0. The fourth-order valence-electron chi connectivity index (χ4n) is 2.12. The van der Waals surface area contributed by atoms with Gasteiger partial charge in [-0.05, 0) is 38.0 Å². The van der Waals surface area contributed by atoms with Gasteiger partial charge in [-0.1, -0.05) is 13.8 Å². The van der Waals surface area contributed by atoms with E-state index in [-0.39, 0.29) is 5.38 Å². The highest BCUT2D eigenvalue weighted by atomic mass is 35.5. The molecule has 0 aromatic heterocycles. The van der Waals surface area contributed by atoms with Crippen LogP contribution in [0, 0.1) is 11.8 Å². The molecule has 1 fully saturated rings. The summed E-state index contributed by atoms with van der Waals surface area (Å²) in [6, 6.07) is 0. The van der Waals surface area contributed by atoms with Gasteiger partial charge in [0.25, 0.3) is 0 Å². The van der Waals surface area contributed by atoms with Crippen LogP contribution in [0.5, 0.6) is 0 Å². The molecule has 0 amide bonds. The van der Waals surface area contributed by atoms with Crippen LogP contribution >= 0.6 is 11.6 Å². The molecule has 0 aliphatic carbocycles. The minimum atomic E-state index is 0.268. The Hall–Kier alpha value is 0.250. The van der Waals surface area contributed by atoms with Gasteiger partial charge in [-0.15, -0.1) is 11.6 Å². The van der Waals surface area contributed by atoms with Gasteiger partial charge in [0, 0.05) is 12.0 Å². The Morgan fingerprint density at radius 3 is 2.46 bits per heavy atom. The summed E-state index contributed by atoms with van der Waals surface area (Å²) in [4.78, 5) is 0. The van der Waals surface area contributed by atoms with Gasteiger partial charge in [0.15, 0.2) is 0 Å². The summed E-state index contributed by atoms with van der Waals surface area (Å²) in [5, 5.41) is 0.268. The smallest absolute Gasteiger partial charge is 0.0579 e. The molecule has 78 valence electrons. The van der Waals surface area contributed by atoms with Crippen molar-refractivity contribution in [3.05, 3.63) is 0 Å². The minimum absolute atomic E-state index is 0.268. The third-order valence-corrected chi connectivity index (χ3v) is 3.33. The van der Waals surface area contributed by atoms with E-state index < -0.39 is 0 Å². The Morgan fingerprint density at radius 2 is 2.08 bits per heavy atom. The van der Waals surface area contributed by atoms with Crippen molar-refractivity contribution in [1.29, 1.82) is 0 Å². The molecular weight excluding hydrogens is 184 g/mol. The van der Waals surface area contributed by atoms with Crippen LogP contribution in [0.15, 0.2) is 0 Å². The molecule has 0 radical (unpaired) electrons. The monoisotopic (exact) mass is 204 g/mol. The molecule has 1 aliphatic rings. The average molecular weight is 205 g/mol. The standard InChI is InChI=1S/C11H21ClO/c1-8(2)11(9(3)12)7-10-5-4-6-13-10/h8-11H,4-7H2,1-3H3. The van der Waals surface area contributed by atoms with Crippen LogP contribution in [0.25, 0.3) is 0 Å². The van der Waals surface area contributed by atoms with Gasteiger partial charge in [-0.25, -0.2) is 0 Å². The lowest BCUT2D eigenvalue weighted by Gasteiger charge is -2.25. The summed E-state index contributed by atoms with van der Waals surface area (Å²) < 4.78 is 5.63. The molecule has 3 unspecified atom stereocenters. The van der Waals surface area contributed by atoms with Crippen molar-refractivity contribution in [3.63, 3.8) is 0 Å². The second-order valence-corrected chi connectivity index (χ2v) is 5.14. The van der Waals surface area contributed by atoms with E-state index in [1.165, 1.54) is 12.8 Å². The topological polar surface area (TPSA) is 9.23 Å². The van der Waals surface area contributed by atoms with E-state index in [0.717, 1.165) is 13.0 Å². The zero-order valence-corrected chi connectivity index (χ0v) is 9.68. The number of halogens is 1. The molecule has 1 heterocycles. The minimum Gasteiger partial charge on any atom is -0.378 e. The molecule has 0 bridgehead atoms. The Kier molecular flexibility index (Phi) is 4.54. The molecule has 1 saturated heterocycles. The van der Waals surface area contributed by atoms with E-state index in [2.05, 4.69) is 20.8 Å². The van der Waals surface area contributed by atoms with E-state index in [1.54, 1.807) is 0 Å². The summed E-state index contributed by atoms with van der Waals surface area (Å²) in [7, 11) is 0. The third kappa shape index (κ3) is 3.47. The van der Waals surface area contributed by atoms with Gasteiger partial charge in [0.2, 0.25) is 0 Å². The van der Waals surface area contributed by atoms with Gasteiger partial charge in [0.05, 0.1) is 6.10 Å². The van der Waals surface area contributed by atoms with Gasteiger partial charge < -0.3 is 4.74 Å². The van der Waals surface area contributed by atoms with Crippen molar-refractivity contribution in [2.45, 2.75) is 51.5 Å². The lowest BCUT2D eigenvalue weighted by molar-refractivity contribution is 0.0818. The van der Waals surface area contributed by atoms with E-state index in [1.807, 2.05) is 0 Å². The molecule has 1 rings (SSSR count). The first-order chi connectivity index (χ1) is 6.11. The number of alkyl halides is 1. The highest BCUT2D eigenvalue weighted by Crippen LogP contribution is 2.29. The van der Waals surface area contributed by atoms with Gasteiger partial charge in [-0.2, -0.15) is 0 Å². The molecule has 13 heavy (non-hydrogen) atoms. The second-order valence-electron chi connectivity index (χ2n) is 4.46. The lowest BCUT2D eigenvalue weighted by Crippen LogP contribution is -2.23. The maximum atomic E-state index is 6.16. The molecule has 0 spiro atoms. The molecule has 0 aromatic rings. The largest absolute Gasteiger partial charge is 0.378 e. The molecule has 1 aliphatic heterocycles. The zero-order chi connectivity index (χ0) is 9.84. The van der Waals surface area contributed by atoms with Gasteiger partial charge >= 0.3 is 0 Å². The maximum Gasteiger partial charge on any atom is 0.0579 e. The van der Waals surface area contributed by atoms with Crippen LogP contribution in [0.1, 0.15) is 40.0 Å². The fraction of sp³-hybridized carbons (Fsp3) is 1.00. The van der Waals surface area contributed by atoms with Crippen LogP contribution in [0.3, 0.4) is 0 Å². The van der Waals surface area contributed by atoms with Crippen molar-refractivity contribution in [1.82, 2.24) is 0 Å². The lowest BCUT2D eigenvalue weighted by atomic mass is 9.87. The predicted molar refractivity (Wildman–Crippen MR) is 57.2 cm³/mol. The summed E-state index contributed by atoms with van der Waals surface area (Å²) >= 11 is 6.16. The highest BCUT2D eigenvalue weighted by Gasteiger charge is 2.25. The zero-order valence-electron chi connectivity index (χ0n) is 8.92. The SMILES string of the molecule is CC(C)C(CC1CCCO1)C(C)Cl. The van der Waals surface area contributed by atoms with Crippen LogP contribution in [0.2, 0.25) is 0 Å². The van der Waals surface area contributed by atoms with Crippen molar-refractivity contribution in [2.24, 2.45) is 11.8 Å². The average Bonchev–Trinajstić information content (AvgIpc) is 2.50.